The number of rotatable bonds is 22. The van der Waals surface area contributed by atoms with Crippen LogP contribution in [0.3, 0.4) is 0 Å². The summed E-state index contributed by atoms with van der Waals surface area (Å²) >= 11 is 0. The van der Waals surface area contributed by atoms with Crippen molar-refractivity contribution in [1.82, 2.24) is 52.8 Å². The van der Waals surface area contributed by atoms with Gasteiger partial charge in [-0.1, -0.05) is 106 Å². The van der Waals surface area contributed by atoms with Crippen LogP contribution in [0.1, 0.15) is 105 Å². The van der Waals surface area contributed by atoms with E-state index in [9.17, 15) is 43.5 Å². The lowest BCUT2D eigenvalue weighted by atomic mass is 9.92. The number of aliphatic hydroxyl groups is 1. The first-order valence-corrected chi connectivity index (χ1v) is 30.4. The molecule has 0 spiro atoms. The number of benzene rings is 3. The molecule has 2 heterocycles. The number of H-pyrrole nitrogens is 1. The number of nitrogens with two attached hydrogens (primary N) is 4. The van der Waals surface area contributed by atoms with Crippen LogP contribution >= 0.6 is 0 Å². The predicted molar refractivity (Wildman–Crippen MR) is 324 cm³/mol. The van der Waals surface area contributed by atoms with Crippen LogP contribution in [0.4, 0.5) is 0 Å². The monoisotopic (exact) mass is 1190 g/mol. The Hall–Kier alpha value is -7.77. The van der Waals surface area contributed by atoms with Gasteiger partial charge >= 0.3 is 0 Å². The van der Waals surface area contributed by atoms with Gasteiger partial charge in [-0.3, -0.25) is 43.2 Å². The molecular formula is C62H88N14O10. The second-order valence-corrected chi connectivity index (χ2v) is 22.9. The van der Waals surface area contributed by atoms with Crippen LogP contribution in [-0.4, -0.2) is 150 Å². The average molecular weight is 1190 g/mol. The minimum atomic E-state index is -1.53. The number of aliphatic hydroxyl groups excluding tert-OH is 1. The molecule has 7 rings (SSSR count). The predicted octanol–water partition coefficient (Wildman–Crippen LogP) is -0.945. The van der Waals surface area contributed by atoms with Crippen molar-refractivity contribution in [2.75, 3.05) is 32.7 Å². The molecule has 24 heteroatoms. The third-order valence-electron chi connectivity index (χ3n) is 16.6. The SMILES string of the molecule is CCCCCCC[C@@H](O)CC(=O)N[C@H](CN)C(=O)N[C@H]1CCNC(=O)[C@H](Cc2c[nH]c3ccccc23)NC(=O)[C@H](CCN)NC(=O)[C@H](CCN)NC(=O)[C@H](C2Cc3ccccc3C2)NC(=O)C(C2Cc3ccccc3C2)NC(=O)[C@H](CCN)NC1=O. The van der Waals surface area contributed by atoms with Gasteiger partial charge in [0.1, 0.15) is 48.3 Å². The summed E-state index contributed by atoms with van der Waals surface area (Å²) in [6, 6.07) is 11.7. The van der Waals surface area contributed by atoms with Gasteiger partial charge in [-0.05, 0) is 123 Å². The molecule has 24 nitrogen and oxygen atoms in total. The number of aromatic amines is 1. The van der Waals surface area contributed by atoms with Crippen LogP contribution < -0.4 is 70.8 Å². The van der Waals surface area contributed by atoms with E-state index >= 15 is 4.79 Å². The number of fused-ring (bicyclic) bond motifs is 3. The summed E-state index contributed by atoms with van der Waals surface area (Å²) in [5.74, 6) is -8.01. The summed E-state index contributed by atoms with van der Waals surface area (Å²) in [5.41, 5.74) is 29.5. The van der Waals surface area contributed by atoms with Crippen molar-refractivity contribution in [3.63, 3.8) is 0 Å². The average Bonchev–Trinajstić information content (AvgIpc) is 3.65. The standard InChI is InChI=1S/C62H88N14O10/c1-2-3-4-5-6-17-43(77)33-52(78)69-51(34-66)60(84)72-49-23-27-67-55(79)50(32-42-35-68-45-19-12-11-18-44(42)45)74-57(81)46(20-24-63)70-56(80)47(21-25-64)73-61(85)53(40-28-36-13-7-8-14-37(36)29-40)76-62(86)54(41-30-38-15-9-10-16-39(38)31-41)75-59(83)48(22-26-65)71-58(49)82/h7-16,18-19,35,40-41,43,46-51,53-54,68,77H,2-6,17,20-34,63-66H2,1H3,(H,67,79)(H,69,78)(H,70,80)(H,71,82)(H,72,84)(H,73,85)(H,74,81)(H,75,83)(H,76,86)/t43-,46+,47+,48+,49+,50+,51-,53+,54?/m1/s1. The second kappa shape index (κ2) is 32.7. The van der Waals surface area contributed by atoms with E-state index in [-0.39, 0.29) is 64.7 Å². The van der Waals surface area contributed by atoms with Crippen molar-refractivity contribution in [3.8, 4) is 0 Å². The molecule has 466 valence electrons. The molecule has 1 unspecified atom stereocenters. The molecule has 1 saturated heterocycles. The van der Waals surface area contributed by atoms with Gasteiger partial charge in [0, 0.05) is 36.6 Å². The van der Waals surface area contributed by atoms with Crippen molar-refractivity contribution < 1.29 is 48.3 Å². The topological polar surface area (TPSA) is 402 Å². The molecule has 19 N–H and O–H groups in total. The molecule has 3 aliphatic rings. The van der Waals surface area contributed by atoms with Crippen LogP contribution in [-0.2, 0) is 75.3 Å². The van der Waals surface area contributed by atoms with Crippen molar-refractivity contribution in [3.05, 3.63) is 107 Å². The summed E-state index contributed by atoms with van der Waals surface area (Å²) in [7, 11) is 0. The molecule has 9 atom stereocenters. The number of hydrogen-bond donors (Lipinski definition) is 15. The van der Waals surface area contributed by atoms with Crippen LogP contribution in [0, 0.1) is 11.8 Å². The quantitative estimate of drug-likeness (QED) is 0.0423. The van der Waals surface area contributed by atoms with Crippen LogP contribution in [0.2, 0.25) is 0 Å². The van der Waals surface area contributed by atoms with Crippen LogP contribution in [0.15, 0.2) is 79.0 Å². The van der Waals surface area contributed by atoms with Gasteiger partial charge in [-0.25, -0.2) is 0 Å². The highest BCUT2D eigenvalue weighted by Gasteiger charge is 2.42. The van der Waals surface area contributed by atoms with Crippen molar-refractivity contribution in [2.24, 2.45) is 34.8 Å². The van der Waals surface area contributed by atoms with E-state index in [1.165, 1.54) is 0 Å². The second-order valence-electron chi connectivity index (χ2n) is 22.9. The Morgan fingerprint density at radius 3 is 1.60 bits per heavy atom. The number of aromatic nitrogens is 1. The Morgan fingerprint density at radius 1 is 0.581 bits per heavy atom. The zero-order valence-corrected chi connectivity index (χ0v) is 49.1. The highest BCUT2D eigenvalue weighted by molar-refractivity contribution is 5.99. The van der Waals surface area contributed by atoms with E-state index < -0.39 is 126 Å². The maximum absolute atomic E-state index is 15.2. The molecule has 1 aromatic heterocycles. The fourth-order valence-electron chi connectivity index (χ4n) is 11.9. The van der Waals surface area contributed by atoms with Gasteiger partial charge in [0.2, 0.25) is 53.2 Å². The third kappa shape index (κ3) is 18.1. The normalized spacial score (nSPS) is 23.1. The van der Waals surface area contributed by atoms with Gasteiger partial charge in [0.25, 0.3) is 0 Å². The van der Waals surface area contributed by atoms with Crippen LogP contribution in [0.25, 0.3) is 10.9 Å². The summed E-state index contributed by atoms with van der Waals surface area (Å²) < 4.78 is 0. The van der Waals surface area contributed by atoms with Gasteiger partial charge < -0.3 is 80.9 Å². The van der Waals surface area contributed by atoms with Gasteiger partial charge in [0.15, 0.2) is 0 Å². The molecule has 0 saturated carbocycles. The Labute approximate surface area is 501 Å². The largest absolute Gasteiger partial charge is 0.393 e. The van der Waals surface area contributed by atoms with Gasteiger partial charge in [0.05, 0.1) is 12.5 Å². The Kier molecular flexibility index (Phi) is 25.0. The summed E-state index contributed by atoms with van der Waals surface area (Å²) in [6.45, 7) is 1.10. The summed E-state index contributed by atoms with van der Waals surface area (Å²) in [5, 5.41) is 36.4. The zero-order valence-electron chi connectivity index (χ0n) is 49.1. The minimum Gasteiger partial charge on any atom is -0.393 e. The van der Waals surface area contributed by atoms with E-state index in [1.54, 1.807) is 6.20 Å². The first-order chi connectivity index (χ1) is 41.5. The highest BCUT2D eigenvalue weighted by Crippen LogP contribution is 2.32. The Bertz CT molecular complexity index is 2940. The summed E-state index contributed by atoms with van der Waals surface area (Å²) in [4.78, 5) is 134. The fourth-order valence-corrected chi connectivity index (χ4v) is 11.9. The van der Waals surface area contributed by atoms with Crippen molar-refractivity contribution >= 4 is 64.1 Å². The van der Waals surface area contributed by atoms with Gasteiger partial charge in [-0.15, -0.1) is 0 Å². The maximum atomic E-state index is 15.2. The molecule has 0 bridgehead atoms. The third-order valence-corrected chi connectivity index (χ3v) is 16.6. The molecule has 2 aliphatic carbocycles. The number of unbranched alkanes of at least 4 members (excludes halogenated alkanes) is 4. The molecule has 1 aliphatic heterocycles. The number of nitrogens with one attached hydrogen (secondary N) is 10. The van der Waals surface area contributed by atoms with E-state index in [1.807, 2.05) is 72.8 Å². The molecule has 1 fully saturated rings. The van der Waals surface area contributed by atoms with E-state index in [2.05, 4.69) is 59.8 Å². The lowest BCUT2D eigenvalue weighted by Crippen LogP contribution is -2.63. The Balaban J connectivity index is 1.23. The van der Waals surface area contributed by atoms with Crippen molar-refractivity contribution in [1.29, 1.82) is 0 Å². The van der Waals surface area contributed by atoms with E-state index in [4.69, 9.17) is 22.9 Å². The molecular weight excluding hydrogens is 1100 g/mol. The molecule has 4 aromatic rings. The van der Waals surface area contributed by atoms with E-state index in [0.29, 0.717) is 44.1 Å². The minimum absolute atomic E-state index is 0.0647. The molecule has 3 aromatic carbocycles. The smallest absolute Gasteiger partial charge is 0.244 e. The highest BCUT2D eigenvalue weighted by atomic mass is 16.3. The first-order valence-electron chi connectivity index (χ1n) is 30.4. The molecule has 86 heavy (non-hydrogen) atoms. The molecule has 9 amide bonds. The molecule has 0 radical (unpaired) electrons. The fraction of sp³-hybridized carbons (Fsp3) is 0.532. The van der Waals surface area contributed by atoms with E-state index in [0.717, 1.165) is 58.8 Å². The van der Waals surface area contributed by atoms with Crippen molar-refractivity contribution in [2.45, 2.75) is 164 Å². The summed E-state index contributed by atoms with van der Waals surface area (Å²) in [6.07, 6.45) is 6.31. The lowest BCUT2D eigenvalue weighted by Gasteiger charge is -2.31. The zero-order chi connectivity index (χ0) is 61.7. The Morgan fingerprint density at radius 2 is 1.06 bits per heavy atom. The first kappa shape index (κ1) is 65.8. The van der Waals surface area contributed by atoms with Gasteiger partial charge in [-0.2, -0.15) is 0 Å². The number of carbonyl (C=O) groups excluding carboxylic acids is 9. The number of hydrogen-bond acceptors (Lipinski definition) is 14. The number of amides is 9. The van der Waals surface area contributed by atoms with Crippen LogP contribution in [0.5, 0.6) is 0 Å². The lowest BCUT2D eigenvalue weighted by molar-refractivity contribution is -0.137. The number of para-hydroxylation sites is 1. The number of carbonyl (C=O) groups is 9. The maximum Gasteiger partial charge on any atom is 0.244 e.